The maximum Gasteiger partial charge on any atom is 0.251 e. The number of ether oxygens (including phenoxy) is 1. The summed E-state index contributed by atoms with van der Waals surface area (Å²) in [6.45, 7) is 1.41. The van der Waals surface area contributed by atoms with E-state index in [4.69, 9.17) is 4.74 Å². The Balaban J connectivity index is 1.44. The number of aromatic amines is 1. The molecule has 1 aromatic heterocycles. The lowest BCUT2D eigenvalue weighted by molar-refractivity contribution is -0.0272. The van der Waals surface area contributed by atoms with Crippen LogP contribution in [0.3, 0.4) is 0 Å². The number of H-pyrrole nitrogens is 1. The predicted octanol–water partition coefficient (Wildman–Crippen LogP) is 2.80. The number of nitrogens with zero attached hydrogens (tertiary/aromatic N) is 1. The van der Waals surface area contributed by atoms with Crippen molar-refractivity contribution in [3.05, 3.63) is 52.8 Å². The maximum atomic E-state index is 12.7. The Morgan fingerprint density at radius 1 is 1.33 bits per heavy atom. The Kier molecular flexibility index (Phi) is 4.34. The molecule has 0 spiro atoms. The number of hydrogen-bond acceptors (Lipinski definition) is 3. The Morgan fingerprint density at radius 3 is 3.17 bits per heavy atom. The maximum absolute atomic E-state index is 12.7. The van der Waals surface area contributed by atoms with Gasteiger partial charge in [-0.05, 0) is 49.3 Å². The fraction of sp³-hybridized carbons (Fsp3) is 0.474. The van der Waals surface area contributed by atoms with Crippen molar-refractivity contribution in [2.45, 2.75) is 38.2 Å². The first-order valence-electron chi connectivity index (χ1n) is 8.82. The molecule has 5 nitrogen and oxygen atoms in total. The van der Waals surface area contributed by atoms with Gasteiger partial charge in [0, 0.05) is 36.4 Å². The van der Waals surface area contributed by atoms with Crippen LogP contribution < -0.4 is 5.32 Å². The third kappa shape index (κ3) is 2.96. The molecule has 1 aliphatic carbocycles. The molecule has 1 aliphatic heterocycles. The second-order valence-electron chi connectivity index (χ2n) is 6.73. The SMILES string of the molecule is O=C(NC[C@@H]1CCCO[C@H]1c1cn[nH]c1)c1cccc2c1CCC2. The quantitative estimate of drug-likeness (QED) is 0.908. The topological polar surface area (TPSA) is 67.0 Å². The summed E-state index contributed by atoms with van der Waals surface area (Å²) >= 11 is 0. The van der Waals surface area contributed by atoms with Gasteiger partial charge >= 0.3 is 0 Å². The molecule has 1 amide bonds. The zero-order valence-electron chi connectivity index (χ0n) is 13.8. The molecule has 24 heavy (non-hydrogen) atoms. The number of hydrogen-bond donors (Lipinski definition) is 2. The molecule has 1 fully saturated rings. The molecule has 1 saturated heterocycles. The van der Waals surface area contributed by atoms with Crippen LogP contribution in [0.15, 0.2) is 30.6 Å². The van der Waals surface area contributed by atoms with Crippen molar-refractivity contribution >= 4 is 5.91 Å². The summed E-state index contributed by atoms with van der Waals surface area (Å²) in [6.07, 6.45) is 9.07. The lowest BCUT2D eigenvalue weighted by atomic mass is 9.90. The molecule has 0 radical (unpaired) electrons. The van der Waals surface area contributed by atoms with Crippen LogP contribution in [0.5, 0.6) is 0 Å². The lowest BCUT2D eigenvalue weighted by Crippen LogP contribution is -2.35. The standard InChI is InChI=1S/C19H23N3O2/c23-19(17-8-2-5-13-4-1-7-16(13)17)20-10-14-6-3-9-24-18(14)15-11-21-22-12-15/h2,5,8,11-12,14,18H,1,3-4,6-7,9-10H2,(H,20,23)(H,21,22)/t14-,18+/m0/s1. The minimum atomic E-state index is 0.0132. The minimum Gasteiger partial charge on any atom is -0.373 e. The Bertz CT molecular complexity index is 711. The minimum absolute atomic E-state index is 0.0132. The zero-order valence-corrected chi connectivity index (χ0v) is 13.8. The fourth-order valence-electron chi connectivity index (χ4n) is 3.99. The van der Waals surface area contributed by atoms with Gasteiger partial charge in [-0.2, -0.15) is 5.10 Å². The first-order chi connectivity index (χ1) is 11.8. The van der Waals surface area contributed by atoms with E-state index in [2.05, 4.69) is 21.6 Å². The van der Waals surface area contributed by atoms with E-state index in [1.54, 1.807) is 0 Å². The number of benzene rings is 1. The molecule has 1 aromatic carbocycles. The lowest BCUT2D eigenvalue weighted by Gasteiger charge is -2.31. The van der Waals surface area contributed by atoms with Crippen molar-refractivity contribution in [2.75, 3.05) is 13.2 Å². The van der Waals surface area contributed by atoms with Gasteiger partial charge < -0.3 is 10.1 Å². The highest BCUT2D eigenvalue weighted by molar-refractivity contribution is 5.96. The molecule has 2 heterocycles. The summed E-state index contributed by atoms with van der Waals surface area (Å²) < 4.78 is 5.94. The van der Waals surface area contributed by atoms with E-state index in [0.29, 0.717) is 6.54 Å². The number of carbonyl (C=O) groups is 1. The van der Waals surface area contributed by atoms with Crippen LogP contribution in [0, 0.1) is 5.92 Å². The Morgan fingerprint density at radius 2 is 2.29 bits per heavy atom. The number of aryl methyl sites for hydroxylation is 1. The normalized spacial score (nSPS) is 23.0. The van der Waals surface area contributed by atoms with E-state index in [-0.39, 0.29) is 17.9 Å². The van der Waals surface area contributed by atoms with Gasteiger partial charge in [-0.15, -0.1) is 0 Å². The second-order valence-corrected chi connectivity index (χ2v) is 6.73. The van der Waals surface area contributed by atoms with E-state index < -0.39 is 0 Å². The van der Waals surface area contributed by atoms with Gasteiger partial charge in [0.05, 0.1) is 12.3 Å². The monoisotopic (exact) mass is 325 g/mol. The van der Waals surface area contributed by atoms with Crippen molar-refractivity contribution in [1.82, 2.24) is 15.5 Å². The van der Waals surface area contributed by atoms with E-state index in [9.17, 15) is 4.79 Å². The molecule has 4 rings (SSSR count). The molecule has 2 aromatic rings. The number of nitrogens with one attached hydrogen (secondary N) is 2. The van der Waals surface area contributed by atoms with Gasteiger partial charge in [-0.1, -0.05) is 12.1 Å². The van der Waals surface area contributed by atoms with E-state index >= 15 is 0 Å². The third-order valence-corrected chi connectivity index (χ3v) is 5.21. The summed E-state index contributed by atoms with van der Waals surface area (Å²) in [6, 6.07) is 6.09. The second kappa shape index (κ2) is 6.77. The van der Waals surface area contributed by atoms with Crippen LogP contribution in [0.4, 0.5) is 0 Å². The van der Waals surface area contributed by atoms with E-state index in [1.165, 1.54) is 11.1 Å². The molecule has 0 bridgehead atoms. The van der Waals surface area contributed by atoms with Crippen LogP contribution in [0.1, 0.15) is 52.4 Å². The number of fused-ring (bicyclic) bond motifs is 1. The highest BCUT2D eigenvalue weighted by Crippen LogP contribution is 2.33. The van der Waals surface area contributed by atoms with Gasteiger partial charge in [0.2, 0.25) is 0 Å². The van der Waals surface area contributed by atoms with Gasteiger partial charge in [0.15, 0.2) is 0 Å². The summed E-state index contributed by atoms with van der Waals surface area (Å²) in [5, 5.41) is 10.0. The largest absolute Gasteiger partial charge is 0.373 e. The van der Waals surface area contributed by atoms with Crippen molar-refractivity contribution in [3.8, 4) is 0 Å². The Labute approximate surface area is 141 Å². The average Bonchev–Trinajstić information content (AvgIpc) is 3.30. The van der Waals surface area contributed by atoms with Gasteiger partial charge in [-0.3, -0.25) is 9.89 Å². The van der Waals surface area contributed by atoms with Crippen LogP contribution >= 0.6 is 0 Å². The zero-order chi connectivity index (χ0) is 16.4. The predicted molar refractivity (Wildman–Crippen MR) is 90.8 cm³/mol. The first-order valence-corrected chi connectivity index (χ1v) is 8.82. The molecule has 126 valence electrons. The highest BCUT2D eigenvalue weighted by Gasteiger charge is 2.29. The summed E-state index contributed by atoms with van der Waals surface area (Å²) in [5.41, 5.74) is 4.48. The smallest absolute Gasteiger partial charge is 0.251 e. The molecule has 0 saturated carbocycles. The van der Waals surface area contributed by atoms with Crippen molar-refractivity contribution in [2.24, 2.45) is 5.92 Å². The van der Waals surface area contributed by atoms with Crippen LogP contribution in [-0.4, -0.2) is 29.3 Å². The van der Waals surface area contributed by atoms with E-state index in [0.717, 1.165) is 49.8 Å². The number of aromatic nitrogens is 2. The van der Waals surface area contributed by atoms with Crippen LogP contribution in [0.2, 0.25) is 0 Å². The van der Waals surface area contributed by atoms with Gasteiger partial charge in [0.1, 0.15) is 0 Å². The number of carbonyl (C=O) groups excluding carboxylic acids is 1. The van der Waals surface area contributed by atoms with Crippen molar-refractivity contribution in [1.29, 1.82) is 0 Å². The summed E-state index contributed by atoms with van der Waals surface area (Å²) in [7, 11) is 0. The third-order valence-electron chi connectivity index (χ3n) is 5.21. The Hall–Kier alpha value is -2.14. The van der Waals surface area contributed by atoms with Crippen LogP contribution in [0.25, 0.3) is 0 Å². The molecular weight excluding hydrogens is 302 g/mol. The molecular formula is C19H23N3O2. The highest BCUT2D eigenvalue weighted by atomic mass is 16.5. The summed E-state index contributed by atoms with van der Waals surface area (Å²) in [5.74, 6) is 0.335. The van der Waals surface area contributed by atoms with Crippen molar-refractivity contribution < 1.29 is 9.53 Å². The first kappa shape index (κ1) is 15.4. The van der Waals surface area contributed by atoms with Crippen LogP contribution in [-0.2, 0) is 17.6 Å². The average molecular weight is 325 g/mol. The number of amides is 1. The van der Waals surface area contributed by atoms with Crippen molar-refractivity contribution in [3.63, 3.8) is 0 Å². The summed E-state index contributed by atoms with van der Waals surface area (Å²) in [4.78, 5) is 12.7. The molecule has 2 aliphatic rings. The van der Waals surface area contributed by atoms with Gasteiger partial charge in [-0.25, -0.2) is 0 Å². The molecule has 5 heteroatoms. The molecule has 0 unspecified atom stereocenters. The molecule has 2 N–H and O–H groups in total. The molecule has 2 atom stereocenters. The van der Waals surface area contributed by atoms with E-state index in [1.807, 2.05) is 24.5 Å². The van der Waals surface area contributed by atoms with Gasteiger partial charge in [0.25, 0.3) is 5.91 Å². The number of rotatable bonds is 4. The fourth-order valence-corrected chi connectivity index (χ4v) is 3.99.